The smallest absolute Gasteiger partial charge is 0.261 e. The fraction of sp³-hybridized carbons (Fsp3) is 0.375. The maximum absolute atomic E-state index is 11.4. The highest BCUT2D eigenvalue weighted by atomic mass is 32.1. The molecule has 0 unspecified atom stereocenters. The second-order valence-electron chi connectivity index (χ2n) is 2.81. The average molecular weight is 182 g/mol. The van der Waals surface area contributed by atoms with Crippen LogP contribution in [-0.2, 0) is 0 Å². The molecule has 0 atom stereocenters. The molecule has 4 heteroatoms. The maximum Gasteiger partial charge on any atom is 0.261 e. The SMILES string of the molecule is O=C(NC1CNC1)c1cccs1. The first kappa shape index (κ1) is 7.76. The molecule has 0 saturated carbocycles. The van der Waals surface area contributed by atoms with E-state index in [2.05, 4.69) is 10.6 Å². The Labute approximate surface area is 74.8 Å². The number of hydrogen-bond donors (Lipinski definition) is 2. The van der Waals surface area contributed by atoms with Gasteiger partial charge in [0, 0.05) is 13.1 Å². The predicted molar refractivity (Wildman–Crippen MR) is 48.4 cm³/mol. The van der Waals surface area contributed by atoms with Crippen LogP contribution in [-0.4, -0.2) is 25.0 Å². The average Bonchev–Trinajstić information content (AvgIpc) is 2.47. The molecule has 0 radical (unpaired) electrons. The van der Waals surface area contributed by atoms with Gasteiger partial charge in [-0.3, -0.25) is 4.79 Å². The van der Waals surface area contributed by atoms with E-state index in [1.165, 1.54) is 11.3 Å². The van der Waals surface area contributed by atoms with Gasteiger partial charge in [0.15, 0.2) is 0 Å². The first-order valence-electron chi connectivity index (χ1n) is 3.91. The van der Waals surface area contributed by atoms with E-state index in [-0.39, 0.29) is 5.91 Å². The van der Waals surface area contributed by atoms with Gasteiger partial charge in [0.2, 0.25) is 0 Å². The van der Waals surface area contributed by atoms with E-state index in [1.54, 1.807) is 0 Å². The Morgan fingerprint density at radius 3 is 3.00 bits per heavy atom. The van der Waals surface area contributed by atoms with Crippen molar-refractivity contribution in [2.24, 2.45) is 0 Å². The van der Waals surface area contributed by atoms with Crippen molar-refractivity contribution < 1.29 is 4.79 Å². The Bertz CT molecular complexity index is 267. The highest BCUT2D eigenvalue weighted by Gasteiger charge is 2.19. The van der Waals surface area contributed by atoms with Crippen LogP contribution in [0.2, 0.25) is 0 Å². The molecule has 0 spiro atoms. The van der Waals surface area contributed by atoms with Crippen molar-refractivity contribution in [3.05, 3.63) is 22.4 Å². The number of amides is 1. The number of rotatable bonds is 2. The zero-order valence-corrected chi connectivity index (χ0v) is 7.36. The lowest BCUT2D eigenvalue weighted by Gasteiger charge is -2.27. The Morgan fingerprint density at radius 2 is 2.50 bits per heavy atom. The first-order chi connectivity index (χ1) is 5.86. The standard InChI is InChI=1S/C8H10N2OS/c11-8(7-2-1-3-12-7)10-6-4-9-5-6/h1-3,6,9H,4-5H2,(H,10,11). The van der Waals surface area contributed by atoms with Crippen molar-refractivity contribution in [1.82, 2.24) is 10.6 Å². The summed E-state index contributed by atoms with van der Waals surface area (Å²) in [6, 6.07) is 4.06. The lowest BCUT2D eigenvalue weighted by molar-refractivity contribution is 0.0928. The zero-order valence-electron chi connectivity index (χ0n) is 6.54. The molecule has 1 aromatic rings. The van der Waals surface area contributed by atoms with Crippen LogP contribution < -0.4 is 10.6 Å². The quantitative estimate of drug-likeness (QED) is 0.697. The molecule has 64 valence electrons. The van der Waals surface area contributed by atoms with Gasteiger partial charge >= 0.3 is 0 Å². The molecule has 12 heavy (non-hydrogen) atoms. The Hall–Kier alpha value is -0.870. The van der Waals surface area contributed by atoms with Crippen LogP contribution in [0, 0.1) is 0 Å². The third kappa shape index (κ3) is 1.49. The van der Waals surface area contributed by atoms with Gasteiger partial charge in [0.05, 0.1) is 10.9 Å². The molecule has 0 aliphatic carbocycles. The van der Waals surface area contributed by atoms with Crippen LogP contribution in [0.5, 0.6) is 0 Å². The molecule has 1 aliphatic rings. The van der Waals surface area contributed by atoms with Gasteiger partial charge in [0.1, 0.15) is 0 Å². The summed E-state index contributed by atoms with van der Waals surface area (Å²) in [6.45, 7) is 1.80. The van der Waals surface area contributed by atoms with E-state index in [9.17, 15) is 4.79 Å². The monoisotopic (exact) mass is 182 g/mol. The van der Waals surface area contributed by atoms with Crippen molar-refractivity contribution in [3.63, 3.8) is 0 Å². The Morgan fingerprint density at radius 1 is 1.67 bits per heavy atom. The molecule has 0 aromatic carbocycles. The summed E-state index contributed by atoms with van der Waals surface area (Å²) < 4.78 is 0. The number of carbonyl (C=O) groups is 1. The molecular formula is C8H10N2OS. The van der Waals surface area contributed by atoms with Gasteiger partial charge in [0.25, 0.3) is 5.91 Å². The largest absolute Gasteiger partial charge is 0.346 e. The van der Waals surface area contributed by atoms with Crippen molar-refractivity contribution in [1.29, 1.82) is 0 Å². The highest BCUT2D eigenvalue weighted by Crippen LogP contribution is 2.08. The number of hydrogen-bond acceptors (Lipinski definition) is 3. The van der Waals surface area contributed by atoms with E-state index < -0.39 is 0 Å². The Kier molecular flexibility index (Phi) is 2.10. The summed E-state index contributed by atoms with van der Waals surface area (Å²) in [5, 5.41) is 7.94. The molecule has 2 rings (SSSR count). The normalized spacial score (nSPS) is 17.0. The topological polar surface area (TPSA) is 41.1 Å². The molecule has 1 saturated heterocycles. The summed E-state index contributed by atoms with van der Waals surface area (Å²) in [5.74, 6) is 0.0523. The predicted octanol–water partition coefficient (Wildman–Crippen LogP) is 0.450. The molecule has 1 aromatic heterocycles. The summed E-state index contributed by atoms with van der Waals surface area (Å²) in [4.78, 5) is 12.2. The third-order valence-corrected chi connectivity index (χ3v) is 2.73. The zero-order chi connectivity index (χ0) is 8.39. The number of carbonyl (C=O) groups excluding carboxylic acids is 1. The minimum Gasteiger partial charge on any atom is -0.346 e. The van der Waals surface area contributed by atoms with Crippen LogP contribution in [0.15, 0.2) is 17.5 Å². The second kappa shape index (κ2) is 3.25. The van der Waals surface area contributed by atoms with Gasteiger partial charge in [-0.2, -0.15) is 0 Å². The van der Waals surface area contributed by atoms with E-state index in [0.717, 1.165) is 18.0 Å². The molecule has 3 nitrogen and oxygen atoms in total. The van der Waals surface area contributed by atoms with E-state index in [4.69, 9.17) is 0 Å². The van der Waals surface area contributed by atoms with Crippen LogP contribution >= 0.6 is 11.3 Å². The first-order valence-corrected chi connectivity index (χ1v) is 4.79. The van der Waals surface area contributed by atoms with Crippen molar-refractivity contribution >= 4 is 17.2 Å². The summed E-state index contributed by atoms with van der Waals surface area (Å²) in [6.07, 6.45) is 0. The van der Waals surface area contributed by atoms with Gasteiger partial charge in [-0.1, -0.05) is 6.07 Å². The van der Waals surface area contributed by atoms with E-state index >= 15 is 0 Å². The van der Waals surface area contributed by atoms with E-state index in [0.29, 0.717) is 6.04 Å². The van der Waals surface area contributed by atoms with Crippen molar-refractivity contribution in [2.75, 3.05) is 13.1 Å². The van der Waals surface area contributed by atoms with Crippen LogP contribution in [0.1, 0.15) is 9.67 Å². The maximum atomic E-state index is 11.4. The second-order valence-corrected chi connectivity index (χ2v) is 3.75. The van der Waals surface area contributed by atoms with Crippen LogP contribution in [0.25, 0.3) is 0 Å². The molecule has 0 bridgehead atoms. The number of thiophene rings is 1. The Balaban J connectivity index is 1.92. The van der Waals surface area contributed by atoms with Gasteiger partial charge in [-0.25, -0.2) is 0 Å². The lowest BCUT2D eigenvalue weighted by atomic mass is 10.2. The fourth-order valence-electron chi connectivity index (χ4n) is 1.06. The van der Waals surface area contributed by atoms with Crippen LogP contribution in [0.4, 0.5) is 0 Å². The molecule has 1 amide bonds. The third-order valence-electron chi connectivity index (χ3n) is 1.86. The summed E-state index contributed by atoms with van der Waals surface area (Å²) in [5.41, 5.74) is 0. The van der Waals surface area contributed by atoms with Gasteiger partial charge < -0.3 is 10.6 Å². The van der Waals surface area contributed by atoms with Crippen LogP contribution in [0.3, 0.4) is 0 Å². The minimum atomic E-state index is 0.0523. The van der Waals surface area contributed by atoms with Crippen molar-refractivity contribution in [3.8, 4) is 0 Å². The molecular weight excluding hydrogens is 172 g/mol. The van der Waals surface area contributed by atoms with Gasteiger partial charge in [-0.05, 0) is 11.4 Å². The number of nitrogens with one attached hydrogen (secondary N) is 2. The molecule has 2 heterocycles. The lowest BCUT2D eigenvalue weighted by Crippen LogP contribution is -2.56. The van der Waals surface area contributed by atoms with E-state index in [1.807, 2.05) is 17.5 Å². The van der Waals surface area contributed by atoms with Crippen molar-refractivity contribution in [2.45, 2.75) is 6.04 Å². The summed E-state index contributed by atoms with van der Waals surface area (Å²) >= 11 is 1.48. The fourth-order valence-corrected chi connectivity index (χ4v) is 1.68. The minimum absolute atomic E-state index is 0.0523. The molecule has 1 aliphatic heterocycles. The van der Waals surface area contributed by atoms with Gasteiger partial charge in [-0.15, -0.1) is 11.3 Å². The molecule has 1 fully saturated rings. The highest BCUT2D eigenvalue weighted by molar-refractivity contribution is 7.12. The molecule has 2 N–H and O–H groups in total. The summed E-state index contributed by atoms with van der Waals surface area (Å²) in [7, 11) is 0.